The first-order valence-corrected chi connectivity index (χ1v) is 6.21. The van der Waals surface area contributed by atoms with E-state index >= 15 is 0 Å². The van der Waals surface area contributed by atoms with Crippen LogP contribution in [0.25, 0.3) is 0 Å². The first-order valence-electron chi connectivity index (χ1n) is 6.21. The third-order valence-electron chi connectivity index (χ3n) is 2.52. The molecular weight excluding hydrogens is 248 g/mol. The molecule has 0 saturated carbocycles. The van der Waals surface area contributed by atoms with Gasteiger partial charge in [-0.3, -0.25) is 0 Å². The zero-order chi connectivity index (χ0) is 14.3. The molecule has 0 spiro atoms. The van der Waals surface area contributed by atoms with Crippen LogP contribution in [-0.2, 0) is 9.53 Å². The molecule has 0 saturated heterocycles. The Morgan fingerprint density at radius 2 is 1.89 bits per heavy atom. The molecule has 1 aromatic carbocycles. The maximum absolute atomic E-state index is 11.7. The second-order valence-corrected chi connectivity index (χ2v) is 4.12. The average Bonchev–Trinajstić information content (AvgIpc) is 2.39. The fourth-order valence-corrected chi connectivity index (χ4v) is 1.34. The van der Waals surface area contributed by atoms with Crippen LogP contribution in [0.4, 0.5) is 0 Å². The SMILES string of the molecule is CCCCOC(C)C(=O)Oc1ccc(C(=O)O)cc1. The van der Waals surface area contributed by atoms with Crippen LogP contribution < -0.4 is 4.74 Å². The van der Waals surface area contributed by atoms with E-state index in [0.29, 0.717) is 12.4 Å². The van der Waals surface area contributed by atoms with Gasteiger partial charge in [0.05, 0.1) is 5.56 Å². The lowest BCUT2D eigenvalue weighted by molar-refractivity contribution is -0.146. The Morgan fingerprint density at radius 3 is 2.42 bits per heavy atom. The number of rotatable bonds is 7. The topological polar surface area (TPSA) is 72.8 Å². The van der Waals surface area contributed by atoms with E-state index in [1.807, 2.05) is 6.92 Å². The number of hydrogen-bond acceptors (Lipinski definition) is 4. The summed E-state index contributed by atoms with van der Waals surface area (Å²) in [5, 5.41) is 8.74. The van der Waals surface area contributed by atoms with Crippen LogP contribution in [0.3, 0.4) is 0 Å². The van der Waals surface area contributed by atoms with Crippen LogP contribution in [0.1, 0.15) is 37.0 Å². The third-order valence-corrected chi connectivity index (χ3v) is 2.52. The minimum atomic E-state index is -1.02. The van der Waals surface area contributed by atoms with Crippen LogP contribution in [-0.4, -0.2) is 29.8 Å². The monoisotopic (exact) mass is 266 g/mol. The summed E-state index contributed by atoms with van der Waals surface area (Å²) in [6.07, 6.45) is 1.26. The first-order chi connectivity index (χ1) is 9.04. The Morgan fingerprint density at radius 1 is 1.26 bits per heavy atom. The predicted octanol–water partition coefficient (Wildman–Crippen LogP) is 2.50. The van der Waals surface area contributed by atoms with Gasteiger partial charge in [-0.25, -0.2) is 9.59 Å². The first kappa shape index (κ1) is 15.2. The summed E-state index contributed by atoms with van der Waals surface area (Å²) in [5.41, 5.74) is 0.145. The molecule has 0 bridgehead atoms. The summed E-state index contributed by atoms with van der Waals surface area (Å²) in [5.74, 6) is -1.20. The van der Waals surface area contributed by atoms with Gasteiger partial charge in [-0.1, -0.05) is 13.3 Å². The molecule has 104 valence electrons. The molecule has 0 aromatic heterocycles. The smallest absolute Gasteiger partial charge is 0.340 e. The largest absolute Gasteiger partial charge is 0.478 e. The number of ether oxygens (including phenoxy) is 2. The Bertz CT molecular complexity index is 424. The van der Waals surface area contributed by atoms with Gasteiger partial charge in [0.2, 0.25) is 0 Å². The summed E-state index contributed by atoms with van der Waals surface area (Å²) in [4.78, 5) is 22.3. The van der Waals surface area contributed by atoms with Crippen molar-refractivity contribution in [1.29, 1.82) is 0 Å². The van der Waals surface area contributed by atoms with E-state index in [2.05, 4.69) is 0 Å². The van der Waals surface area contributed by atoms with Crippen LogP contribution in [0, 0.1) is 0 Å². The molecule has 1 atom stereocenters. The summed E-state index contributed by atoms with van der Waals surface area (Å²) < 4.78 is 10.4. The number of unbranched alkanes of at least 4 members (excludes halogenated alkanes) is 1. The van der Waals surface area contributed by atoms with Crippen molar-refractivity contribution in [2.45, 2.75) is 32.8 Å². The lowest BCUT2D eigenvalue weighted by Crippen LogP contribution is -2.26. The average molecular weight is 266 g/mol. The van der Waals surface area contributed by atoms with Crippen molar-refractivity contribution in [2.75, 3.05) is 6.61 Å². The lowest BCUT2D eigenvalue weighted by Gasteiger charge is -2.12. The lowest BCUT2D eigenvalue weighted by atomic mass is 10.2. The molecule has 0 amide bonds. The van der Waals surface area contributed by atoms with Crippen molar-refractivity contribution in [2.24, 2.45) is 0 Å². The van der Waals surface area contributed by atoms with Crippen molar-refractivity contribution in [1.82, 2.24) is 0 Å². The van der Waals surface area contributed by atoms with E-state index in [0.717, 1.165) is 12.8 Å². The van der Waals surface area contributed by atoms with Crippen LogP contribution in [0.5, 0.6) is 5.75 Å². The van der Waals surface area contributed by atoms with Crippen LogP contribution in [0.15, 0.2) is 24.3 Å². The Labute approximate surface area is 112 Å². The van der Waals surface area contributed by atoms with Gasteiger partial charge in [-0.2, -0.15) is 0 Å². The van der Waals surface area contributed by atoms with Crippen LogP contribution >= 0.6 is 0 Å². The quantitative estimate of drug-likeness (QED) is 0.466. The van der Waals surface area contributed by atoms with Crippen molar-refractivity contribution in [3.63, 3.8) is 0 Å². The van der Waals surface area contributed by atoms with Gasteiger partial charge < -0.3 is 14.6 Å². The van der Waals surface area contributed by atoms with E-state index in [1.54, 1.807) is 6.92 Å². The van der Waals surface area contributed by atoms with Crippen molar-refractivity contribution in [3.05, 3.63) is 29.8 Å². The highest BCUT2D eigenvalue weighted by Crippen LogP contribution is 2.13. The van der Waals surface area contributed by atoms with Gasteiger partial charge in [-0.05, 0) is 37.6 Å². The molecule has 5 heteroatoms. The second-order valence-electron chi connectivity index (χ2n) is 4.12. The summed E-state index contributed by atoms with van der Waals surface area (Å²) in [6.45, 7) is 4.19. The summed E-state index contributed by atoms with van der Waals surface area (Å²) in [7, 11) is 0. The van der Waals surface area contributed by atoms with Gasteiger partial charge in [0.15, 0.2) is 6.10 Å². The standard InChI is InChI=1S/C14H18O5/c1-3-4-9-18-10(2)14(17)19-12-7-5-11(6-8-12)13(15)16/h5-8,10H,3-4,9H2,1-2H3,(H,15,16). The number of carboxylic acids is 1. The zero-order valence-corrected chi connectivity index (χ0v) is 11.1. The molecule has 0 heterocycles. The highest BCUT2D eigenvalue weighted by Gasteiger charge is 2.15. The molecular formula is C14H18O5. The van der Waals surface area contributed by atoms with Gasteiger partial charge in [0.25, 0.3) is 0 Å². The fourth-order valence-electron chi connectivity index (χ4n) is 1.34. The number of carbonyl (C=O) groups is 2. The van der Waals surface area contributed by atoms with Crippen molar-refractivity contribution >= 4 is 11.9 Å². The highest BCUT2D eigenvalue weighted by molar-refractivity contribution is 5.87. The number of hydrogen-bond donors (Lipinski definition) is 1. The minimum absolute atomic E-state index is 0.145. The molecule has 1 aromatic rings. The van der Waals surface area contributed by atoms with E-state index in [4.69, 9.17) is 14.6 Å². The Balaban J connectivity index is 2.49. The molecule has 1 rings (SSSR count). The number of benzene rings is 1. The predicted molar refractivity (Wildman–Crippen MR) is 69.4 cm³/mol. The number of esters is 1. The highest BCUT2D eigenvalue weighted by atomic mass is 16.6. The molecule has 0 fully saturated rings. The maximum Gasteiger partial charge on any atom is 0.340 e. The van der Waals surface area contributed by atoms with Crippen molar-refractivity contribution < 1.29 is 24.2 Å². The third kappa shape index (κ3) is 5.09. The maximum atomic E-state index is 11.7. The van der Waals surface area contributed by atoms with E-state index < -0.39 is 18.0 Å². The van der Waals surface area contributed by atoms with Gasteiger partial charge in [0.1, 0.15) is 5.75 Å². The fraction of sp³-hybridized carbons (Fsp3) is 0.429. The van der Waals surface area contributed by atoms with Gasteiger partial charge >= 0.3 is 11.9 Å². The molecule has 1 unspecified atom stereocenters. The summed E-state index contributed by atoms with van der Waals surface area (Å²) >= 11 is 0. The van der Waals surface area contributed by atoms with E-state index in [-0.39, 0.29) is 5.56 Å². The number of carbonyl (C=O) groups excluding carboxylic acids is 1. The molecule has 19 heavy (non-hydrogen) atoms. The minimum Gasteiger partial charge on any atom is -0.478 e. The second kappa shape index (κ2) is 7.53. The molecule has 0 aliphatic rings. The summed E-state index contributed by atoms with van der Waals surface area (Å²) in [6, 6.07) is 5.65. The number of carboxylic acid groups (broad SMARTS) is 1. The zero-order valence-electron chi connectivity index (χ0n) is 11.1. The van der Waals surface area contributed by atoms with Crippen molar-refractivity contribution in [3.8, 4) is 5.75 Å². The normalized spacial score (nSPS) is 11.9. The van der Waals surface area contributed by atoms with E-state index in [1.165, 1.54) is 24.3 Å². The molecule has 5 nitrogen and oxygen atoms in total. The molecule has 0 aliphatic heterocycles. The van der Waals surface area contributed by atoms with E-state index in [9.17, 15) is 9.59 Å². The van der Waals surface area contributed by atoms with Gasteiger partial charge in [0, 0.05) is 6.61 Å². The Kier molecular flexibility index (Phi) is 6.02. The number of aromatic carboxylic acids is 1. The van der Waals surface area contributed by atoms with Crippen LogP contribution in [0.2, 0.25) is 0 Å². The van der Waals surface area contributed by atoms with Gasteiger partial charge in [-0.15, -0.1) is 0 Å². The molecule has 0 radical (unpaired) electrons. The Hall–Kier alpha value is -1.88. The molecule has 0 aliphatic carbocycles. The molecule has 1 N–H and O–H groups in total.